The van der Waals surface area contributed by atoms with Crippen LogP contribution in [-0.2, 0) is 4.79 Å². The Morgan fingerprint density at radius 2 is 1.07 bits per heavy atom. The van der Waals surface area contributed by atoms with E-state index in [4.69, 9.17) is 9.47 Å². The van der Waals surface area contributed by atoms with Crippen molar-refractivity contribution in [1.82, 2.24) is 0 Å². The number of allylic oxidation sites excluding steroid dienone is 4. The molecule has 7 nitrogen and oxygen atoms in total. The summed E-state index contributed by atoms with van der Waals surface area (Å²) in [4.78, 5) is 29.5. The molecule has 4 aromatic rings. The molecular formula is C49H57N3O4. The minimum Gasteiger partial charge on any atom is -0.427 e. The van der Waals surface area contributed by atoms with Crippen molar-refractivity contribution in [2.75, 3.05) is 0 Å². The largest absolute Gasteiger partial charge is 0.427 e. The molecule has 7 heteroatoms. The number of aliphatic imine (C=N–C) groups is 1. The van der Waals surface area contributed by atoms with Crippen LogP contribution in [-0.4, -0.2) is 18.2 Å². The number of hydrogen-bond donors (Lipinski definition) is 0. The average molecular weight is 752 g/mol. The number of rotatable bonds is 24. The normalized spacial score (nSPS) is 12.4. The molecule has 56 heavy (non-hydrogen) atoms. The molecule has 0 radical (unpaired) electrons. The summed E-state index contributed by atoms with van der Waals surface area (Å²) in [6.07, 6.45) is 28.8. The molecular weight excluding hydrogens is 695 g/mol. The number of azo groups is 1. The summed E-state index contributed by atoms with van der Waals surface area (Å²) in [5, 5.41) is 8.64. The molecule has 0 aliphatic heterocycles. The van der Waals surface area contributed by atoms with Crippen LogP contribution in [0.15, 0.2) is 131 Å². The van der Waals surface area contributed by atoms with Crippen LogP contribution < -0.4 is 9.47 Å². The van der Waals surface area contributed by atoms with E-state index in [-0.39, 0.29) is 5.97 Å². The van der Waals surface area contributed by atoms with Crippen LogP contribution in [0.4, 0.5) is 17.1 Å². The van der Waals surface area contributed by atoms with Crippen molar-refractivity contribution >= 4 is 40.8 Å². The number of carbonyl (C=O) groups is 2. The molecule has 0 bridgehead atoms. The Bertz CT molecular complexity index is 1890. The van der Waals surface area contributed by atoms with E-state index in [1.807, 2.05) is 54.6 Å². The molecule has 0 heterocycles. The van der Waals surface area contributed by atoms with Gasteiger partial charge >= 0.3 is 11.9 Å². The third-order valence-electron chi connectivity index (χ3n) is 9.90. The second kappa shape index (κ2) is 24.2. The van der Waals surface area contributed by atoms with Gasteiger partial charge in [0.05, 0.1) is 22.6 Å². The lowest BCUT2D eigenvalue weighted by atomic mass is 10.0. The molecule has 1 aliphatic carbocycles. The van der Waals surface area contributed by atoms with E-state index in [1.165, 1.54) is 89.0 Å². The smallest absolute Gasteiger partial charge is 0.343 e. The summed E-state index contributed by atoms with van der Waals surface area (Å²) in [6.45, 7) is 2.27. The highest BCUT2D eigenvalue weighted by molar-refractivity contribution is 5.91. The van der Waals surface area contributed by atoms with Crippen molar-refractivity contribution in [3.05, 3.63) is 132 Å². The Balaban J connectivity index is 0.932. The molecule has 0 N–H and O–H groups in total. The van der Waals surface area contributed by atoms with Gasteiger partial charge in [0.25, 0.3) is 0 Å². The quantitative estimate of drug-likeness (QED) is 0.0234. The third kappa shape index (κ3) is 15.4. The number of ether oxygens (including phenoxy) is 2. The molecule has 1 aliphatic rings. The first kappa shape index (κ1) is 41.7. The van der Waals surface area contributed by atoms with Gasteiger partial charge in [-0.1, -0.05) is 127 Å². The van der Waals surface area contributed by atoms with Gasteiger partial charge in [-0.15, -0.1) is 0 Å². The van der Waals surface area contributed by atoms with Crippen LogP contribution in [0.3, 0.4) is 0 Å². The van der Waals surface area contributed by atoms with Crippen molar-refractivity contribution < 1.29 is 19.1 Å². The summed E-state index contributed by atoms with van der Waals surface area (Å²) in [7, 11) is 0. The molecule has 4 aromatic carbocycles. The molecule has 0 fully saturated rings. The van der Waals surface area contributed by atoms with Crippen LogP contribution in [0.2, 0.25) is 0 Å². The topological polar surface area (TPSA) is 89.7 Å². The molecule has 0 aromatic heterocycles. The fourth-order valence-electron chi connectivity index (χ4n) is 6.54. The summed E-state index contributed by atoms with van der Waals surface area (Å²) in [5.41, 5.74) is 5.84. The van der Waals surface area contributed by atoms with E-state index < -0.39 is 5.97 Å². The van der Waals surface area contributed by atoms with Crippen LogP contribution in [0.1, 0.15) is 138 Å². The van der Waals surface area contributed by atoms with Crippen molar-refractivity contribution in [1.29, 1.82) is 0 Å². The van der Waals surface area contributed by atoms with Crippen molar-refractivity contribution in [2.24, 2.45) is 15.2 Å². The van der Waals surface area contributed by atoms with Crippen molar-refractivity contribution in [3.8, 4) is 11.5 Å². The molecule has 0 saturated carbocycles. The van der Waals surface area contributed by atoms with E-state index in [2.05, 4.69) is 34.3 Å². The van der Waals surface area contributed by atoms with E-state index in [0.29, 0.717) is 34.9 Å². The van der Waals surface area contributed by atoms with Gasteiger partial charge in [-0.3, -0.25) is 9.79 Å². The Labute approximate surface area is 333 Å². The Morgan fingerprint density at radius 3 is 1.62 bits per heavy atom. The average Bonchev–Trinajstić information content (AvgIpc) is 3.78. The monoisotopic (exact) mass is 751 g/mol. The zero-order valence-corrected chi connectivity index (χ0v) is 33.0. The van der Waals surface area contributed by atoms with Gasteiger partial charge in [0.2, 0.25) is 0 Å². The van der Waals surface area contributed by atoms with Gasteiger partial charge in [-0.25, -0.2) is 4.79 Å². The lowest BCUT2D eigenvalue weighted by molar-refractivity contribution is -0.134. The SMILES string of the molecule is CCCCCCCCCCCCCCCCCC(=O)Oc1ccc(N=Nc2ccc(N=Cc3ccc(OC(=O)c4ccc(C5=CC=CC5)cc4)cc3)cc2)cc1. The lowest BCUT2D eigenvalue weighted by Crippen LogP contribution is -2.08. The summed E-state index contributed by atoms with van der Waals surface area (Å²) < 4.78 is 11.1. The predicted molar refractivity (Wildman–Crippen MR) is 229 cm³/mol. The number of benzene rings is 4. The van der Waals surface area contributed by atoms with E-state index in [9.17, 15) is 9.59 Å². The van der Waals surface area contributed by atoms with Gasteiger partial charge in [0, 0.05) is 12.6 Å². The highest BCUT2D eigenvalue weighted by Crippen LogP contribution is 2.26. The van der Waals surface area contributed by atoms with Gasteiger partial charge in [0.15, 0.2) is 0 Å². The fraction of sp³-hybridized carbons (Fsp3) is 0.367. The van der Waals surface area contributed by atoms with Crippen LogP contribution in [0, 0.1) is 0 Å². The molecule has 0 saturated heterocycles. The summed E-state index contributed by atoms with van der Waals surface area (Å²) in [6, 6.07) is 29.2. The number of hydrogen-bond acceptors (Lipinski definition) is 7. The second-order valence-corrected chi connectivity index (χ2v) is 14.5. The maximum absolute atomic E-state index is 12.6. The highest BCUT2D eigenvalue weighted by atomic mass is 16.5. The van der Waals surface area contributed by atoms with E-state index >= 15 is 0 Å². The minimum atomic E-state index is -0.396. The Kier molecular flexibility index (Phi) is 18.0. The molecule has 0 unspecified atom stereocenters. The maximum Gasteiger partial charge on any atom is 0.343 e. The molecule has 5 rings (SSSR count). The van der Waals surface area contributed by atoms with Gasteiger partial charge in [-0.05, 0) is 114 Å². The summed E-state index contributed by atoms with van der Waals surface area (Å²) >= 11 is 0. The number of carbonyl (C=O) groups excluding carboxylic acids is 2. The molecule has 0 amide bonds. The first-order valence-electron chi connectivity index (χ1n) is 20.7. The van der Waals surface area contributed by atoms with Gasteiger partial charge in [-0.2, -0.15) is 10.2 Å². The number of nitrogens with zero attached hydrogens (tertiary/aromatic N) is 3. The molecule has 0 spiro atoms. The zero-order chi connectivity index (χ0) is 39.0. The number of esters is 2. The van der Waals surface area contributed by atoms with Crippen LogP contribution in [0.5, 0.6) is 11.5 Å². The van der Waals surface area contributed by atoms with Gasteiger partial charge < -0.3 is 9.47 Å². The van der Waals surface area contributed by atoms with Crippen LogP contribution in [0.25, 0.3) is 5.57 Å². The number of unbranched alkanes of at least 4 members (excludes halogenated alkanes) is 14. The molecule has 292 valence electrons. The zero-order valence-electron chi connectivity index (χ0n) is 33.0. The Morgan fingerprint density at radius 1 is 0.571 bits per heavy atom. The first-order valence-corrected chi connectivity index (χ1v) is 20.7. The third-order valence-corrected chi connectivity index (χ3v) is 9.90. The van der Waals surface area contributed by atoms with Crippen molar-refractivity contribution in [2.45, 2.75) is 116 Å². The second-order valence-electron chi connectivity index (χ2n) is 14.5. The van der Waals surface area contributed by atoms with E-state index in [0.717, 1.165) is 36.1 Å². The first-order chi connectivity index (χ1) is 27.6. The minimum absolute atomic E-state index is 0.192. The predicted octanol–water partition coefficient (Wildman–Crippen LogP) is 14.6. The van der Waals surface area contributed by atoms with Gasteiger partial charge in [0.1, 0.15) is 11.5 Å². The fourth-order valence-corrected chi connectivity index (χ4v) is 6.54. The maximum atomic E-state index is 12.6. The lowest BCUT2D eigenvalue weighted by Gasteiger charge is -2.06. The summed E-state index contributed by atoms with van der Waals surface area (Å²) in [5.74, 6) is 0.397. The van der Waals surface area contributed by atoms with Crippen LogP contribution >= 0.6 is 0 Å². The Hall–Kier alpha value is -5.43. The molecule has 0 atom stereocenters. The standard InChI is InChI=1S/C49H57N3O4/c1-2-3-4-5-6-7-8-9-10-11-12-13-14-15-16-21-48(53)55-46-36-32-45(33-37-46)52-51-44-30-28-43(29-31-44)50-38-39-22-34-47(35-23-39)56-49(54)42-26-24-41(25-27-42)40-19-17-18-20-40/h17-19,22-38H,2-16,20-21H2,1H3. The van der Waals surface area contributed by atoms with Crippen molar-refractivity contribution in [3.63, 3.8) is 0 Å². The highest BCUT2D eigenvalue weighted by Gasteiger charge is 2.10. The van der Waals surface area contributed by atoms with E-state index in [1.54, 1.807) is 54.7 Å².